The van der Waals surface area contributed by atoms with Gasteiger partial charge in [-0.2, -0.15) is 0 Å². The monoisotopic (exact) mass is 304 g/mol. The van der Waals surface area contributed by atoms with Gasteiger partial charge >= 0.3 is 6.03 Å². The number of nitrogens with one attached hydrogen (secondary N) is 2. The summed E-state index contributed by atoms with van der Waals surface area (Å²) in [7, 11) is 0. The van der Waals surface area contributed by atoms with Gasteiger partial charge in [-0.25, -0.2) is 4.79 Å². The highest BCUT2D eigenvalue weighted by Crippen LogP contribution is 2.44. The maximum atomic E-state index is 11.8. The number of hydrogen-bond donors (Lipinski definition) is 3. The van der Waals surface area contributed by atoms with Crippen LogP contribution in [0.4, 0.5) is 10.5 Å². The van der Waals surface area contributed by atoms with Crippen LogP contribution in [0.3, 0.4) is 0 Å². The molecule has 0 heterocycles. The predicted molar refractivity (Wildman–Crippen MR) is 85.1 cm³/mol. The summed E-state index contributed by atoms with van der Waals surface area (Å²) in [5.74, 6) is 0.857. The summed E-state index contributed by atoms with van der Waals surface area (Å²) >= 11 is 0. The van der Waals surface area contributed by atoms with Crippen molar-refractivity contribution in [2.75, 3.05) is 18.5 Å². The smallest absolute Gasteiger partial charge is 0.319 e. The number of aliphatic hydroxyl groups is 1. The molecule has 0 unspecified atom stereocenters. The molecule has 5 nitrogen and oxygen atoms in total. The second-order valence-electron chi connectivity index (χ2n) is 6.51. The topological polar surface area (TPSA) is 70.6 Å². The minimum Gasteiger partial charge on any atom is -0.490 e. The first kappa shape index (κ1) is 15.2. The van der Waals surface area contributed by atoms with Crippen molar-refractivity contribution in [1.82, 2.24) is 5.32 Å². The number of aliphatic hydroxyl groups excluding tert-OH is 1. The van der Waals surface area contributed by atoms with E-state index in [0.717, 1.165) is 37.1 Å². The van der Waals surface area contributed by atoms with Crippen LogP contribution in [0.1, 0.15) is 38.5 Å². The second-order valence-corrected chi connectivity index (χ2v) is 6.51. The summed E-state index contributed by atoms with van der Waals surface area (Å²) in [5.41, 5.74) is 0.668. The Hall–Kier alpha value is -1.75. The van der Waals surface area contributed by atoms with Crippen LogP contribution in [-0.2, 0) is 0 Å². The molecule has 1 aromatic carbocycles. The third-order valence-electron chi connectivity index (χ3n) is 4.63. The fourth-order valence-electron chi connectivity index (χ4n) is 2.83. The molecular formula is C17H24N2O3. The number of benzene rings is 1. The molecule has 2 fully saturated rings. The van der Waals surface area contributed by atoms with Crippen molar-refractivity contribution in [1.29, 1.82) is 0 Å². The highest BCUT2D eigenvalue weighted by Gasteiger charge is 2.42. The van der Waals surface area contributed by atoms with Gasteiger partial charge in [0.25, 0.3) is 0 Å². The summed E-state index contributed by atoms with van der Waals surface area (Å²) in [6, 6.07) is 7.25. The number of anilines is 1. The van der Waals surface area contributed by atoms with Gasteiger partial charge in [0.15, 0.2) is 0 Å². The molecule has 0 bridgehead atoms. The minimum atomic E-state index is -0.232. The third-order valence-corrected chi connectivity index (χ3v) is 4.63. The molecule has 0 aliphatic heterocycles. The molecule has 0 aromatic heterocycles. The Labute approximate surface area is 131 Å². The highest BCUT2D eigenvalue weighted by atomic mass is 16.5. The van der Waals surface area contributed by atoms with Crippen molar-refractivity contribution < 1.29 is 14.6 Å². The van der Waals surface area contributed by atoms with Crippen molar-refractivity contribution in [3.63, 3.8) is 0 Å². The molecule has 2 amide bonds. The molecule has 2 aliphatic carbocycles. The van der Waals surface area contributed by atoms with E-state index in [0.29, 0.717) is 12.6 Å². The quantitative estimate of drug-likeness (QED) is 0.757. The van der Waals surface area contributed by atoms with Crippen LogP contribution in [-0.4, -0.2) is 30.4 Å². The van der Waals surface area contributed by atoms with Crippen LogP contribution in [0.25, 0.3) is 0 Å². The van der Waals surface area contributed by atoms with Gasteiger partial charge in [0.05, 0.1) is 12.7 Å². The van der Waals surface area contributed by atoms with E-state index in [1.54, 1.807) is 0 Å². The Balaban J connectivity index is 1.44. The summed E-state index contributed by atoms with van der Waals surface area (Å²) in [4.78, 5) is 11.8. The molecule has 120 valence electrons. The normalized spacial score (nSPS) is 19.7. The molecule has 0 spiro atoms. The van der Waals surface area contributed by atoms with Gasteiger partial charge in [-0.15, -0.1) is 0 Å². The Morgan fingerprint density at radius 2 is 1.91 bits per heavy atom. The first-order chi connectivity index (χ1) is 10.7. The fraction of sp³-hybridized carbons (Fsp3) is 0.588. The Morgan fingerprint density at radius 3 is 2.50 bits per heavy atom. The van der Waals surface area contributed by atoms with Crippen LogP contribution < -0.4 is 15.4 Å². The van der Waals surface area contributed by atoms with Gasteiger partial charge in [0, 0.05) is 17.6 Å². The Morgan fingerprint density at radius 1 is 1.23 bits per heavy atom. The maximum absolute atomic E-state index is 11.8. The molecule has 0 saturated heterocycles. The third kappa shape index (κ3) is 3.91. The number of amides is 2. The molecule has 0 atom stereocenters. The summed E-state index contributed by atoms with van der Waals surface area (Å²) in [5, 5.41) is 14.8. The van der Waals surface area contributed by atoms with Crippen molar-refractivity contribution in [3.05, 3.63) is 24.3 Å². The molecule has 3 N–H and O–H groups in total. The molecule has 2 aliphatic rings. The van der Waals surface area contributed by atoms with E-state index in [2.05, 4.69) is 10.6 Å². The van der Waals surface area contributed by atoms with Crippen LogP contribution in [0.15, 0.2) is 24.3 Å². The fourth-order valence-corrected chi connectivity index (χ4v) is 2.83. The zero-order chi connectivity index (χ0) is 15.4. The van der Waals surface area contributed by atoms with Crippen LogP contribution >= 0.6 is 0 Å². The number of hydrogen-bond acceptors (Lipinski definition) is 3. The average molecular weight is 304 g/mol. The molecule has 1 aromatic rings. The van der Waals surface area contributed by atoms with E-state index in [9.17, 15) is 9.90 Å². The van der Waals surface area contributed by atoms with E-state index in [-0.39, 0.29) is 18.1 Å². The zero-order valence-corrected chi connectivity index (χ0v) is 12.8. The maximum Gasteiger partial charge on any atom is 0.319 e. The number of carbonyl (C=O) groups excluding carboxylic acids is 1. The lowest BCUT2D eigenvalue weighted by molar-refractivity contribution is 0.206. The van der Waals surface area contributed by atoms with Gasteiger partial charge in [0.1, 0.15) is 5.75 Å². The van der Waals surface area contributed by atoms with Gasteiger partial charge in [-0.3, -0.25) is 0 Å². The SMILES string of the molecule is O=C(NCC1(CO)CC1)Nc1ccc(OC2CCCC2)cc1. The lowest BCUT2D eigenvalue weighted by atomic mass is 10.1. The molecule has 0 radical (unpaired) electrons. The van der Waals surface area contributed by atoms with Crippen molar-refractivity contribution in [2.24, 2.45) is 5.41 Å². The van der Waals surface area contributed by atoms with Crippen LogP contribution in [0, 0.1) is 5.41 Å². The van der Waals surface area contributed by atoms with E-state index >= 15 is 0 Å². The molecular weight excluding hydrogens is 280 g/mol. The van der Waals surface area contributed by atoms with Gasteiger partial charge < -0.3 is 20.5 Å². The number of rotatable bonds is 6. The number of ether oxygens (including phenoxy) is 1. The van der Waals surface area contributed by atoms with Gasteiger partial charge in [0.2, 0.25) is 0 Å². The van der Waals surface area contributed by atoms with Crippen LogP contribution in [0.2, 0.25) is 0 Å². The number of carbonyl (C=O) groups is 1. The second kappa shape index (κ2) is 6.57. The van der Waals surface area contributed by atoms with Crippen molar-refractivity contribution in [2.45, 2.75) is 44.6 Å². The summed E-state index contributed by atoms with van der Waals surface area (Å²) in [6.07, 6.45) is 7.08. The van der Waals surface area contributed by atoms with Gasteiger partial charge in [-0.1, -0.05) is 0 Å². The molecule has 3 rings (SSSR count). The largest absolute Gasteiger partial charge is 0.490 e. The van der Waals surface area contributed by atoms with E-state index in [1.165, 1.54) is 12.8 Å². The number of urea groups is 1. The Bertz CT molecular complexity index is 505. The average Bonchev–Trinajstić information content (AvgIpc) is 3.15. The van der Waals surface area contributed by atoms with E-state index in [4.69, 9.17) is 4.74 Å². The predicted octanol–water partition coefficient (Wildman–Crippen LogP) is 2.90. The van der Waals surface area contributed by atoms with E-state index < -0.39 is 0 Å². The zero-order valence-electron chi connectivity index (χ0n) is 12.8. The first-order valence-electron chi connectivity index (χ1n) is 8.12. The van der Waals surface area contributed by atoms with Gasteiger partial charge in [-0.05, 0) is 62.8 Å². The summed E-state index contributed by atoms with van der Waals surface area (Å²) < 4.78 is 5.89. The molecule has 5 heteroatoms. The molecule has 22 heavy (non-hydrogen) atoms. The van der Waals surface area contributed by atoms with Crippen molar-refractivity contribution in [3.8, 4) is 5.75 Å². The first-order valence-corrected chi connectivity index (χ1v) is 8.12. The highest BCUT2D eigenvalue weighted by molar-refractivity contribution is 5.89. The summed E-state index contributed by atoms with van der Waals surface area (Å²) in [6.45, 7) is 0.665. The minimum absolute atomic E-state index is 0.0731. The standard InChI is InChI=1S/C17H24N2O3/c20-12-17(9-10-17)11-18-16(21)19-13-5-7-15(8-6-13)22-14-3-1-2-4-14/h5-8,14,20H,1-4,9-12H2,(H2,18,19,21). The lowest BCUT2D eigenvalue weighted by Crippen LogP contribution is -2.35. The van der Waals surface area contributed by atoms with E-state index in [1.807, 2.05) is 24.3 Å². The van der Waals surface area contributed by atoms with Crippen LogP contribution in [0.5, 0.6) is 5.75 Å². The van der Waals surface area contributed by atoms with Crippen molar-refractivity contribution >= 4 is 11.7 Å². The molecule has 2 saturated carbocycles. The lowest BCUT2D eigenvalue weighted by Gasteiger charge is -2.15. The Kier molecular flexibility index (Phi) is 4.52.